The average Bonchev–Trinajstić information content (AvgIpc) is 3.00. The van der Waals surface area contributed by atoms with Gasteiger partial charge in [-0.15, -0.1) is 0 Å². The maximum atomic E-state index is 13.4. The fraction of sp³-hybridized carbons (Fsp3) is 0.250. The highest BCUT2D eigenvalue weighted by atomic mass is 16.5. The van der Waals surface area contributed by atoms with Crippen molar-refractivity contribution in [1.29, 1.82) is 0 Å². The van der Waals surface area contributed by atoms with Gasteiger partial charge in [-0.25, -0.2) is 4.79 Å². The number of Topliss-reactive ketones (excluding diaryl/α,β-unsaturated/α-hetero) is 1. The summed E-state index contributed by atoms with van der Waals surface area (Å²) < 4.78 is 11.2. The molecule has 0 radical (unpaired) electrons. The van der Waals surface area contributed by atoms with Crippen molar-refractivity contribution in [2.45, 2.75) is 26.7 Å². The Bertz CT molecular complexity index is 1060. The van der Waals surface area contributed by atoms with Crippen LogP contribution >= 0.6 is 0 Å². The first-order valence-corrected chi connectivity index (χ1v) is 9.83. The number of carbonyl (C=O) groups is 2. The molecule has 2 aliphatic rings. The van der Waals surface area contributed by atoms with Crippen LogP contribution in [0.4, 0.5) is 0 Å². The van der Waals surface area contributed by atoms with Gasteiger partial charge in [0.15, 0.2) is 5.78 Å². The zero-order valence-electron chi connectivity index (χ0n) is 16.7. The van der Waals surface area contributed by atoms with Crippen molar-refractivity contribution in [2.75, 3.05) is 13.2 Å². The SMILES string of the molecule is CCOC(=O)C1=C(C)NC2=C(C(=O)c3ccccc32)C1c1ccccc1OCC. The number of rotatable bonds is 5. The monoisotopic (exact) mass is 389 g/mol. The third-order valence-electron chi connectivity index (χ3n) is 5.27. The summed E-state index contributed by atoms with van der Waals surface area (Å²) in [5, 5.41) is 3.30. The Morgan fingerprint density at radius 2 is 1.69 bits per heavy atom. The Labute approximate surface area is 170 Å². The van der Waals surface area contributed by atoms with Crippen LogP contribution in [0.3, 0.4) is 0 Å². The summed E-state index contributed by atoms with van der Waals surface area (Å²) in [6, 6.07) is 15.1. The van der Waals surface area contributed by atoms with Gasteiger partial charge in [0, 0.05) is 28.0 Å². The molecule has 1 atom stereocenters. The van der Waals surface area contributed by atoms with Crippen LogP contribution < -0.4 is 10.1 Å². The average molecular weight is 389 g/mol. The van der Waals surface area contributed by atoms with Gasteiger partial charge in [-0.05, 0) is 26.8 Å². The van der Waals surface area contributed by atoms with E-state index in [4.69, 9.17) is 9.47 Å². The number of ketones is 1. The van der Waals surface area contributed by atoms with Crippen LogP contribution in [0.1, 0.15) is 48.2 Å². The molecule has 0 saturated carbocycles. The van der Waals surface area contributed by atoms with Crippen LogP contribution in [0, 0.1) is 0 Å². The molecule has 1 unspecified atom stereocenters. The first-order valence-electron chi connectivity index (χ1n) is 9.83. The molecule has 2 aromatic rings. The second-order valence-corrected chi connectivity index (χ2v) is 6.95. The Balaban J connectivity index is 1.95. The highest BCUT2D eigenvalue weighted by Gasteiger charge is 2.43. The van der Waals surface area contributed by atoms with Gasteiger partial charge in [0.25, 0.3) is 0 Å². The fourth-order valence-corrected chi connectivity index (χ4v) is 4.13. The quantitative estimate of drug-likeness (QED) is 0.776. The Morgan fingerprint density at radius 3 is 2.41 bits per heavy atom. The molecule has 0 spiro atoms. The van der Waals surface area contributed by atoms with Crippen molar-refractivity contribution in [2.24, 2.45) is 0 Å². The van der Waals surface area contributed by atoms with Gasteiger partial charge in [-0.2, -0.15) is 0 Å². The zero-order chi connectivity index (χ0) is 20.5. The number of hydrogen-bond donors (Lipinski definition) is 1. The Hall–Kier alpha value is -3.34. The lowest BCUT2D eigenvalue weighted by atomic mass is 9.79. The molecule has 29 heavy (non-hydrogen) atoms. The number of allylic oxidation sites excluding steroid dienone is 2. The topological polar surface area (TPSA) is 64.6 Å². The highest BCUT2D eigenvalue weighted by molar-refractivity contribution is 6.23. The molecule has 148 valence electrons. The molecule has 4 rings (SSSR count). The summed E-state index contributed by atoms with van der Waals surface area (Å²) in [6.07, 6.45) is 0. The lowest BCUT2D eigenvalue weighted by Crippen LogP contribution is -2.29. The first-order chi connectivity index (χ1) is 14.1. The van der Waals surface area contributed by atoms with Gasteiger partial charge < -0.3 is 14.8 Å². The van der Waals surface area contributed by atoms with Gasteiger partial charge >= 0.3 is 5.97 Å². The molecular formula is C24H23NO4. The third-order valence-corrected chi connectivity index (χ3v) is 5.27. The van der Waals surface area contributed by atoms with E-state index < -0.39 is 11.9 Å². The predicted octanol–water partition coefficient (Wildman–Crippen LogP) is 4.22. The summed E-state index contributed by atoms with van der Waals surface area (Å²) >= 11 is 0. The molecule has 0 saturated heterocycles. The largest absolute Gasteiger partial charge is 0.494 e. The van der Waals surface area contributed by atoms with Gasteiger partial charge in [0.05, 0.1) is 30.4 Å². The van der Waals surface area contributed by atoms with Crippen LogP contribution in [-0.2, 0) is 9.53 Å². The van der Waals surface area contributed by atoms with E-state index in [1.54, 1.807) is 6.92 Å². The van der Waals surface area contributed by atoms with E-state index in [1.807, 2.05) is 62.4 Å². The van der Waals surface area contributed by atoms with Crippen molar-refractivity contribution in [3.05, 3.63) is 82.1 Å². The second-order valence-electron chi connectivity index (χ2n) is 6.95. The summed E-state index contributed by atoms with van der Waals surface area (Å²) in [5.41, 5.74) is 4.73. The molecule has 1 aliphatic carbocycles. The molecule has 1 N–H and O–H groups in total. The lowest BCUT2D eigenvalue weighted by molar-refractivity contribution is -0.138. The van der Waals surface area contributed by atoms with E-state index in [0.717, 1.165) is 16.8 Å². The van der Waals surface area contributed by atoms with Crippen LogP contribution in [0.2, 0.25) is 0 Å². The maximum absolute atomic E-state index is 13.4. The summed E-state index contributed by atoms with van der Waals surface area (Å²) in [7, 11) is 0. The van der Waals surface area contributed by atoms with Crippen molar-refractivity contribution in [3.8, 4) is 5.75 Å². The Kier molecular flexibility index (Phi) is 4.97. The van der Waals surface area contributed by atoms with Crippen LogP contribution in [-0.4, -0.2) is 25.0 Å². The van der Waals surface area contributed by atoms with Gasteiger partial charge in [0.1, 0.15) is 5.75 Å². The number of ether oxygens (including phenoxy) is 2. The molecule has 0 aromatic heterocycles. The standard InChI is InChI=1S/C24H23NO4/c1-4-28-18-13-9-8-12-17(18)20-19(24(27)29-5-2)14(3)25-22-15-10-6-7-11-16(15)23(26)21(20)22/h6-13,20,25H,4-5H2,1-3H3. The number of dihydropyridines is 1. The van der Waals surface area contributed by atoms with E-state index in [-0.39, 0.29) is 12.4 Å². The van der Waals surface area contributed by atoms with E-state index in [2.05, 4.69) is 5.32 Å². The van der Waals surface area contributed by atoms with Gasteiger partial charge in [0.2, 0.25) is 0 Å². The Morgan fingerprint density at radius 1 is 1.00 bits per heavy atom. The van der Waals surface area contributed by atoms with E-state index in [9.17, 15) is 9.59 Å². The molecule has 5 heteroatoms. The van der Waals surface area contributed by atoms with Crippen LogP contribution in [0.15, 0.2) is 65.4 Å². The zero-order valence-corrected chi connectivity index (χ0v) is 16.7. The number of fused-ring (bicyclic) bond motifs is 2. The minimum absolute atomic E-state index is 0.0753. The minimum atomic E-state index is -0.562. The predicted molar refractivity (Wildman–Crippen MR) is 111 cm³/mol. The summed E-state index contributed by atoms with van der Waals surface area (Å²) in [6.45, 7) is 6.27. The molecule has 2 aromatic carbocycles. The third kappa shape index (κ3) is 3.03. The van der Waals surface area contributed by atoms with Crippen molar-refractivity contribution >= 4 is 17.4 Å². The van der Waals surface area contributed by atoms with E-state index >= 15 is 0 Å². The molecule has 1 heterocycles. The van der Waals surface area contributed by atoms with Crippen molar-refractivity contribution in [3.63, 3.8) is 0 Å². The lowest BCUT2D eigenvalue weighted by Gasteiger charge is -2.30. The molecule has 5 nitrogen and oxygen atoms in total. The van der Waals surface area contributed by atoms with Crippen LogP contribution in [0.5, 0.6) is 5.75 Å². The van der Waals surface area contributed by atoms with Crippen molar-refractivity contribution < 1.29 is 19.1 Å². The highest BCUT2D eigenvalue weighted by Crippen LogP contribution is 2.48. The number of esters is 1. The number of carbonyl (C=O) groups excluding carboxylic acids is 2. The molecule has 0 fully saturated rings. The molecule has 0 bridgehead atoms. The van der Waals surface area contributed by atoms with Crippen molar-refractivity contribution in [1.82, 2.24) is 5.32 Å². The van der Waals surface area contributed by atoms with E-state index in [1.165, 1.54) is 0 Å². The number of nitrogens with one attached hydrogen (secondary N) is 1. The number of benzene rings is 2. The summed E-state index contributed by atoms with van der Waals surface area (Å²) in [5.74, 6) is -0.405. The molecule has 0 amide bonds. The fourth-order valence-electron chi connectivity index (χ4n) is 4.13. The van der Waals surface area contributed by atoms with E-state index in [0.29, 0.717) is 34.8 Å². The first kappa shape index (κ1) is 19.0. The maximum Gasteiger partial charge on any atom is 0.336 e. The normalized spacial score (nSPS) is 17.6. The molecule has 1 aliphatic heterocycles. The van der Waals surface area contributed by atoms with Gasteiger partial charge in [-0.3, -0.25) is 4.79 Å². The second kappa shape index (κ2) is 7.59. The number of hydrogen-bond acceptors (Lipinski definition) is 5. The molecular weight excluding hydrogens is 366 g/mol. The van der Waals surface area contributed by atoms with Crippen LogP contribution in [0.25, 0.3) is 5.70 Å². The van der Waals surface area contributed by atoms with Gasteiger partial charge in [-0.1, -0.05) is 42.5 Å². The minimum Gasteiger partial charge on any atom is -0.494 e. The summed E-state index contributed by atoms with van der Waals surface area (Å²) in [4.78, 5) is 26.3. The number of para-hydroxylation sites is 1. The smallest absolute Gasteiger partial charge is 0.336 e.